The summed E-state index contributed by atoms with van der Waals surface area (Å²) in [6.07, 6.45) is -5.21. The summed E-state index contributed by atoms with van der Waals surface area (Å²) in [7, 11) is 0. The highest BCUT2D eigenvalue weighted by atomic mass is 79.9. The number of hydrogen-bond donors (Lipinski definition) is 1. The van der Waals surface area contributed by atoms with E-state index in [1.807, 2.05) is 6.92 Å². The van der Waals surface area contributed by atoms with Crippen LogP contribution in [0.3, 0.4) is 0 Å². The van der Waals surface area contributed by atoms with Crippen molar-refractivity contribution in [1.82, 2.24) is 5.32 Å². The number of alkyl halides is 3. The van der Waals surface area contributed by atoms with Crippen LogP contribution < -0.4 is 5.32 Å². The second-order valence-electron chi connectivity index (χ2n) is 4.42. The Labute approximate surface area is 122 Å². The highest BCUT2D eigenvalue weighted by Crippen LogP contribution is 2.32. The van der Waals surface area contributed by atoms with Gasteiger partial charge in [0.2, 0.25) is 0 Å². The van der Waals surface area contributed by atoms with E-state index in [4.69, 9.17) is 0 Å². The minimum Gasteiger partial charge on any atom is -0.310 e. The molecule has 0 saturated heterocycles. The fraction of sp³-hybridized carbons (Fsp3) is 0.538. The number of nitrogens with one attached hydrogen (secondary N) is 1. The van der Waals surface area contributed by atoms with Crippen LogP contribution in [0, 0.1) is 11.6 Å². The molecular weight excluding hydrogens is 345 g/mol. The first-order valence-corrected chi connectivity index (χ1v) is 6.99. The van der Waals surface area contributed by atoms with Gasteiger partial charge in [0.05, 0.1) is 4.47 Å². The molecule has 0 saturated carbocycles. The van der Waals surface area contributed by atoms with E-state index in [9.17, 15) is 22.0 Å². The number of halogens is 6. The summed E-state index contributed by atoms with van der Waals surface area (Å²) in [5, 5.41) is 2.77. The van der Waals surface area contributed by atoms with E-state index in [-0.39, 0.29) is 10.0 Å². The topological polar surface area (TPSA) is 12.0 Å². The van der Waals surface area contributed by atoms with Gasteiger partial charge in [-0.3, -0.25) is 0 Å². The lowest BCUT2D eigenvalue weighted by Gasteiger charge is -2.21. The van der Waals surface area contributed by atoms with Gasteiger partial charge in [0.25, 0.3) is 0 Å². The lowest BCUT2D eigenvalue weighted by Crippen LogP contribution is -2.26. The second-order valence-corrected chi connectivity index (χ2v) is 5.27. The van der Waals surface area contributed by atoms with Gasteiger partial charge in [0, 0.05) is 18.0 Å². The molecule has 1 aromatic carbocycles. The van der Waals surface area contributed by atoms with Crippen molar-refractivity contribution in [3.05, 3.63) is 33.8 Å². The molecule has 1 nitrogen and oxygen atoms in total. The summed E-state index contributed by atoms with van der Waals surface area (Å²) in [5.74, 6) is -1.71. The lowest BCUT2D eigenvalue weighted by atomic mass is 10.00. The highest BCUT2D eigenvalue weighted by Gasteiger charge is 2.30. The van der Waals surface area contributed by atoms with Gasteiger partial charge in [-0.15, -0.1) is 0 Å². The molecule has 1 N–H and O–H groups in total. The number of benzene rings is 1. The Kier molecular flexibility index (Phi) is 6.39. The van der Waals surface area contributed by atoms with Crippen molar-refractivity contribution >= 4 is 15.9 Å². The molecule has 114 valence electrons. The van der Waals surface area contributed by atoms with Crippen molar-refractivity contribution in [3.8, 4) is 0 Å². The Morgan fingerprint density at radius 3 is 2.45 bits per heavy atom. The fourth-order valence-electron chi connectivity index (χ4n) is 1.84. The molecule has 0 aromatic heterocycles. The van der Waals surface area contributed by atoms with Crippen LogP contribution in [0.4, 0.5) is 22.0 Å². The number of rotatable bonds is 6. The van der Waals surface area contributed by atoms with Crippen molar-refractivity contribution in [2.45, 2.75) is 38.4 Å². The zero-order valence-electron chi connectivity index (χ0n) is 10.8. The zero-order valence-corrected chi connectivity index (χ0v) is 12.4. The van der Waals surface area contributed by atoms with Crippen LogP contribution in [0.2, 0.25) is 0 Å². The summed E-state index contributed by atoms with van der Waals surface area (Å²) in [5.41, 5.74) is -0.350. The summed E-state index contributed by atoms with van der Waals surface area (Å²) in [6.45, 7) is 2.20. The minimum atomic E-state index is -4.36. The predicted octanol–water partition coefficient (Wildman–Crippen LogP) is 5.11. The molecule has 0 aliphatic carbocycles. The smallest absolute Gasteiger partial charge is 0.310 e. The molecule has 20 heavy (non-hydrogen) atoms. The minimum absolute atomic E-state index is 0.0317. The Balaban J connectivity index is 3.01. The third-order valence-electron chi connectivity index (χ3n) is 2.79. The van der Waals surface area contributed by atoms with Gasteiger partial charge in [-0.25, -0.2) is 8.78 Å². The molecule has 1 unspecified atom stereocenters. The van der Waals surface area contributed by atoms with Crippen molar-refractivity contribution in [2.75, 3.05) is 6.54 Å². The molecule has 1 rings (SSSR count). The average molecular weight is 360 g/mol. The Bertz CT molecular complexity index is 447. The summed E-state index contributed by atoms with van der Waals surface area (Å²) in [6, 6.07) is 1.22. The maximum atomic E-state index is 14.0. The molecule has 1 atom stereocenters. The number of hydrogen-bond acceptors (Lipinski definition) is 1. The van der Waals surface area contributed by atoms with Crippen LogP contribution in [0.1, 0.15) is 37.8 Å². The molecule has 0 bridgehead atoms. The molecule has 0 fully saturated rings. The average Bonchev–Trinajstić information content (AvgIpc) is 2.35. The standard InChI is InChI=1S/C13H15BrF5N/c1-2-7-20-10(5-6-13(17,18)19)11-9(15)4-3-8(14)12(11)16/h3-4,10,20H,2,5-7H2,1H3. The van der Waals surface area contributed by atoms with E-state index >= 15 is 0 Å². The highest BCUT2D eigenvalue weighted by molar-refractivity contribution is 9.10. The van der Waals surface area contributed by atoms with Crippen LogP contribution in [0.5, 0.6) is 0 Å². The molecular formula is C13H15BrF5N. The summed E-state index contributed by atoms with van der Waals surface area (Å²) < 4.78 is 64.7. The van der Waals surface area contributed by atoms with E-state index in [0.29, 0.717) is 13.0 Å². The largest absolute Gasteiger partial charge is 0.389 e. The maximum absolute atomic E-state index is 14.0. The Hall–Kier alpha value is -0.690. The first-order chi connectivity index (χ1) is 9.26. The van der Waals surface area contributed by atoms with Crippen molar-refractivity contribution in [3.63, 3.8) is 0 Å². The first-order valence-electron chi connectivity index (χ1n) is 6.19. The molecule has 0 aliphatic heterocycles. The van der Waals surface area contributed by atoms with Gasteiger partial charge < -0.3 is 5.32 Å². The van der Waals surface area contributed by atoms with Crippen molar-refractivity contribution in [2.24, 2.45) is 0 Å². The van der Waals surface area contributed by atoms with Crippen molar-refractivity contribution < 1.29 is 22.0 Å². The summed E-state index contributed by atoms with van der Waals surface area (Å²) in [4.78, 5) is 0. The molecule has 0 radical (unpaired) electrons. The molecule has 0 spiro atoms. The van der Waals surface area contributed by atoms with Gasteiger partial charge >= 0.3 is 6.18 Å². The van der Waals surface area contributed by atoms with Crippen LogP contribution in [-0.2, 0) is 0 Å². The fourth-order valence-corrected chi connectivity index (χ4v) is 2.18. The lowest BCUT2D eigenvalue weighted by molar-refractivity contribution is -0.136. The molecule has 0 aliphatic rings. The van der Waals surface area contributed by atoms with Crippen molar-refractivity contribution in [1.29, 1.82) is 0 Å². The Morgan fingerprint density at radius 1 is 1.25 bits per heavy atom. The summed E-state index contributed by atoms with van der Waals surface area (Å²) >= 11 is 2.92. The van der Waals surface area contributed by atoms with Gasteiger partial charge in [0.15, 0.2) is 0 Å². The van der Waals surface area contributed by atoms with E-state index in [1.54, 1.807) is 0 Å². The molecule has 0 amide bonds. The Morgan fingerprint density at radius 2 is 1.90 bits per heavy atom. The van der Waals surface area contributed by atoms with Gasteiger partial charge in [-0.05, 0) is 47.4 Å². The first kappa shape index (κ1) is 17.4. The van der Waals surface area contributed by atoms with E-state index in [1.165, 1.54) is 6.07 Å². The zero-order chi connectivity index (χ0) is 15.3. The van der Waals surface area contributed by atoms with Crippen LogP contribution in [0.25, 0.3) is 0 Å². The van der Waals surface area contributed by atoms with Gasteiger partial charge in [-0.2, -0.15) is 13.2 Å². The third-order valence-corrected chi connectivity index (χ3v) is 3.40. The van der Waals surface area contributed by atoms with Gasteiger partial charge in [0.1, 0.15) is 11.6 Å². The van der Waals surface area contributed by atoms with E-state index < -0.39 is 36.7 Å². The molecule has 7 heteroatoms. The SMILES string of the molecule is CCCNC(CCC(F)(F)F)c1c(F)ccc(Br)c1F. The maximum Gasteiger partial charge on any atom is 0.389 e. The predicted molar refractivity (Wildman–Crippen MR) is 70.4 cm³/mol. The normalized spacial score (nSPS) is 13.6. The quantitative estimate of drug-likeness (QED) is 0.549. The van der Waals surface area contributed by atoms with Crippen LogP contribution in [0.15, 0.2) is 16.6 Å². The second kappa shape index (κ2) is 7.36. The third kappa shape index (κ3) is 5.01. The van der Waals surface area contributed by atoms with E-state index in [0.717, 1.165) is 6.07 Å². The van der Waals surface area contributed by atoms with Crippen LogP contribution in [-0.4, -0.2) is 12.7 Å². The van der Waals surface area contributed by atoms with Crippen LogP contribution >= 0.6 is 15.9 Å². The monoisotopic (exact) mass is 359 g/mol. The molecule has 0 heterocycles. The van der Waals surface area contributed by atoms with E-state index in [2.05, 4.69) is 21.2 Å². The van der Waals surface area contributed by atoms with Gasteiger partial charge in [-0.1, -0.05) is 6.92 Å². The molecule has 1 aromatic rings.